The van der Waals surface area contributed by atoms with Crippen LogP contribution in [0, 0.1) is 0 Å². The lowest BCUT2D eigenvalue weighted by atomic mass is 10.3. The first-order chi connectivity index (χ1) is 7.93. The second-order valence-electron chi connectivity index (χ2n) is 3.81. The predicted molar refractivity (Wildman–Crippen MR) is 68.1 cm³/mol. The van der Waals surface area contributed by atoms with Crippen LogP contribution in [0.5, 0.6) is 0 Å². The molecule has 2 heterocycles. The van der Waals surface area contributed by atoms with Gasteiger partial charge in [-0.2, -0.15) is 0 Å². The van der Waals surface area contributed by atoms with Crippen LogP contribution in [-0.4, -0.2) is 8.77 Å². The van der Waals surface area contributed by atoms with E-state index in [9.17, 15) is 0 Å². The Morgan fingerprint density at radius 1 is 0.938 bits per heavy atom. The van der Waals surface area contributed by atoms with Gasteiger partial charge in [0.25, 0.3) is 0 Å². The average molecular weight is 224 g/mol. The standard InChI is InChI=1S/C13H8N2S/c1-4-8-12-9(5-1)13-14-10-6-2-3-7-11(10)15(13)16-12/h1-8H. The largest absolute Gasteiger partial charge is 0.246 e. The van der Waals surface area contributed by atoms with Crippen LogP contribution in [-0.2, 0) is 0 Å². The highest BCUT2D eigenvalue weighted by atomic mass is 32.1. The zero-order valence-electron chi connectivity index (χ0n) is 8.42. The molecule has 2 nitrogen and oxygen atoms in total. The Hall–Kier alpha value is -1.87. The smallest absolute Gasteiger partial charge is 0.156 e. The number of hydrogen-bond acceptors (Lipinski definition) is 2. The topological polar surface area (TPSA) is 17.3 Å². The first kappa shape index (κ1) is 8.30. The maximum absolute atomic E-state index is 4.68. The SMILES string of the molecule is c1ccc2c(c1)nc1c3ccccc3sn21. The summed E-state index contributed by atoms with van der Waals surface area (Å²) in [7, 11) is 0. The van der Waals surface area contributed by atoms with Gasteiger partial charge in [-0.1, -0.05) is 35.8 Å². The van der Waals surface area contributed by atoms with Crippen molar-refractivity contribution in [2.45, 2.75) is 0 Å². The number of rotatable bonds is 0. The normalized spacial score (nSPS) is 11.8. The second-order valence-corrected chi connectivity index (χ2v) is 4.79. The minimum atomic E-state index is 1.07. The number of para-hydroxylation sites is 2. The van der Waals surface area contributed by atoms with Crippen LogP contribution in [0.25, 0.3) is 26.8 Å². The van der Waals surface area contributed by atoms with E-state index in [2.05, 4.69) is 51.2 Å². The fourth-order valence-corrected chi connectivity index (χ4v) is 3.17. The first-order valence-corrected chi connectivity index (χ1v) is 5.96. The van der Waals surface area contributed by atoms with Gasteiger partial charge in [-0.15, -0.1) is 0 Å². The average Bonchev–Trinajstić information content (AvgIpc) is 2.85. The highest BCUT2D eigenvalue weighted by Crippen LogP contribution is 2.29. The molecule has 0 saturated carbocycles. The van der Waals surface area contributed by atoms with Crippen molar-refractivity contribution in [2.75, 3.05) is 0 Å². The third-order valence-electron chi connectivity index (χ3n) is 2.84. The summed E-state index contributed by atoms with van der Waals surface area (Å²) in [6, 6.07) is 16.7. The van der Waals surface area contributed by atoms with Gasteiger partial charge >= 0.3 is 0 Å². The van der Waals surface area contributed by atoms with Crippen molar-refractivity contribution in [3.63, 3.8) is 0 Å². The highest BCUT2D eigenvalue weighted by molar-refractivity contribution is 7.14. The van der Waals surface area contributed by atoms with E-state index >= 15 is 0 Å². The second kappa shape index (κ2) is 2.83. The lowest BCUT2D eigenvalue weighted by molar-refractivity contribution is 1.42. The van der Waals surface area contributed by atoms with Crippen molar-refractivity contribution in [1.82, 2.24) is 8.77 Å². The Kier molecular flexibility index (Phi) is 1.47. The Morgan fingerprint density at radius 3 is 2.75 bits per heavy atom. The van der Waals surface area contributed by atoms with E-state index in [1.165, 1.54) is 15.6 Å². The summed E-state index contributed by atoms with van der Waals surface area (Å²) >= 11 is 1.75. The molecule has 0 radical (unpaired) electrons. The monoisotopic (exact) mass is 224 g/mol. The van der Waals surface area contributed by atoms with E-state index in [0.717, 1.165) is 11.2 Å². The number of hydrogen-bond donors (Lipinski definition) is 0. The number of aromatic nitrogens is 2. The molecule has 0 fully saturated rings. The van der Waals surface area contributed by atoms with Crippen LogP contribution < -0.4 is 0 Å². The molecule has 0 aliphatic carbocycles. The lowest BCUT2D eigenvalue weighted by Gasteiger charge is -1.86. The number of nitrogens with zero attached hydrogens (tertiary/aromatic N) is 2. The van der Waals surface area contributed by atoms with E-state index in [-0.39, 0.29) is 0 Å². The molecule has 4 aromatic rings. The fraction of sp³-hybridized carbons (Fsp3) is 0. The molecule has 2 aromatic heterocycles. The van der Waals surface area contributed by atoms with Crippen LogP contribution in [0.4, 0.5) is 0 Å². The van der Waals surface area contributed by atoms with Crippen molar-refractivity contribution in [1.29, 1.82) is 0 Å². The van der Waals surface area contributed by atoms with Gasteiger partial charge in [0.05, 0.1) is 15.7 Å². The third-order valence-corrected chi connectivity index (χ3v) is 3.94. The molecule has 0 spiro atoms. The molecule has 16 heavy (non-hydrogen) atoms. The van der Waals surface area contributed by atoms with Crippen LogP contribution in [0.1, 0.15) is 0 Å². The van der Waals surface area contributed by atoms with Crippen molar-refractivity contribution in [3.05, 3.63) is 48.5 Å². The molecule has 0 aliphatic heterocycles. The number of benzene rings is 2. The molecule has 0 N–H and O–H groups in total. The number of imidazole rings is 1. The molecule has 0 aliphatic rings. The van der Waals surface area contributed by atoms with E-state index in [0.29, 0.717) is 0 Å². The molecule has 0 bridgehead atoms. The molecule has 4 rings (SSSR count). The summed E-state index contributed by atoms with van der Waals surface area (Å²) in [6.45, 7) is 0. The summed E-state index contributed by atoms with van der Waals surface area (Å²) < 4.78 is 3.50. The Labute approximate surface area is 95.9 Å². The van der Waals surface area contributed by atoms with E-state index in [1.807, 2.05) is 6.07 Å². The van der Waals surface area contributed by atoms with E-state index < -0.39 is 0 Å². The Balaban J connectivity index is 2.35. The van der Waals surface area contributed by atoms with Crippen LogP contribution >= 0.6 is 11.5 Å². The molecule has 0 atom stereocenters. The molecular weight excluding hydrogens is 216 g/mol. The Bertz CT molecular complexity index is 741. The van der Waals surface area contributed by atoms with Crippen molar-refractivity contribution < 1.29 is 0 Å². The van der Waals surface area contributed by atoms with Crippen LogP contribution in [0.3, 0.4) is 0 Å². The first-order valence-electron chi connectivity index (χ1n) is 5.19. The molecule has 0 unspecified atom stereocenters. The highest BCUT2D eigenvalue weighted by Gasteiger charge is 2.09. The summed E-state index contributed by atoms with van der Waals surface area (Å²) in [6.07, 6.45) is 0. The fourth-order valence-electron chi connectivity index (χ4n) is 2.10. The molecule has 2 aromatic carbocycles. The quantitative estimate of drug-likeness (QED) is 0.445. The summed E-state index contributed by atoms with van der Waals surface area (Å²) in [5.74, 6) is 0. The van der Waals surface area contributed by atoms with Crippen molar-refractivity contribution >= 4 is 38.3 Å². The molecule has 76 valence electrons. The lowest BCUT2D eigenvalue weighted by Crippen LogP contribution is -1.70. The zero-order valence-corrected chi connectivity index (χ0v) is 9.24. The van der Waals surface area contributed by atoms with Gasteiger partial charge in [-0.05, 0) is 24.3 Å². The van der Waals surface area contributed by atoms with Gasteiger partial charge in [-0.25, -0.2) is 8.77 Å². The van der Waals surface area contributed by atoms with Gasteiger partial charge in [0.15, 0.2) is 5.65 Å². The number of fused-ring (bicyclic) bond motifs is 5. The maximum Gasteiger partial charge on any atom is 0.156 e. The van der Waals surface area contributed by atoms with Gasteiger partial charge < -0.3 is 0 Å². The van der Waals surface area contributed by atoms with Crippen LogP contribution in [0.2, 0.25) is 0 Å². The minimum absolute atomic E-state index is 1.07. The van der Waals surface area contributed by atoms with Gasteiger partial charge in [-0.3, -0.25) is 0 Å². The molecule has 0 saturated heterocycles. The summed E-state index contributed by atoms with van der Waals surface area (Å²) in [4.78, 5) is 4.68. The maximum atomic E-state index is 4.68. The third kappa shape index (κ3) is 0.933. The van der Waals surface area contributed by atoms with Gasteiger partial charge in [0.2, 0.25) is 0 Å². The molecule has 3 heteroatoms. The summed E-state index contributed by atoms with van der Waals surface area (Å²) in [5, 5.41) is 1.24. The zero-order chi connectivity index (χ0) is 10.5. The summed E-state index contributed by atoms with van der Waals surface area (Å²) in [5.41, 5.74) is 3.33. The minimum Gasteiger partial charge on any atom is -0.246 e. The predicted octanol–water partition coefficient (Wildman–Crippen LogP) is 3.70. The molecule has 0 amide bonds. The van der Waals surface area contributed by atoms with Crippen molar-refractivity contribution in [3.8, 4) is 0 Å². The van der Waals surface area contributed by atoms with Gasteiger partial charge in [0, 0.05) is 5.39 Å². The Morgan fingerprint density at radius 2 is 1.75 bits per heavy atom. The van der Waals surface area contributed by atoms with E-state index in [4.69, 9.17) is 0 Å². The van der Waals surface area contributed by atoms with Gasteiger partial charge in [0.1, 0.15) is 0 Å². The van der Waals surface area contributed by atoms with Crippen LogP contribution in [0.15, 0.2) is 48.5 Å². The van der Waals surface area contributed by atoms with Crippen molar-refractivity contribution in [2.24, 2.45) is 0 Å². The van der Waals surface area contributed by atoms with E-state index in [1.54, 1.807) is 11.5 Å². The molecular formula is C13H8N2S.